The van der Waals surface area contributed by atoms with E-state index in [1.54, 1.807) is 0 Å². The van der Waals surface area contributed by atoms with E-state index in [0.29, 0.717) is 5.75 Å². The second-order valence-electron chi connectivity index (χ2n) is 3.90. The maximum absolute atomic E-state index is 12.7. The summed E-state index contributed by atoms with van der Waals surface area (Å²) in [6, 6.07) is 0.759. The summed E-state index contributed by atoms with van der Waals surface area (Å²) in [7, 11) is 1.51. The van der Waals surface area contributed by atoms with Crippen molar-refractivity contribution in [1.82, 2.24) is 15.6 Å². The molecule has 0 unspecified atom stereocenters. The van der Waals surface area contributed by atoms with Gasteiger partial charge in [0.2, 0.25) is 5.91 Å². The molecule has 1 aromatic heterocycles. The SMILES string of the molecule is CNC(=O)CSCCNC(=O)c1cnccc1C(F)(F)F. The van der Waals surface area contributed by atoms with Gasteiger partial charge >= 0.3 is 6.18 Å². The molecule has 2 N–H and O–H groups in total. The largest absolute Gasteiger partial charge is 0.417 e. The predicted octanol–water partition coefficient (Wildman–Crippen LogP) is 1.31. The van der Waals surface area contributed by atoms with Crippen LogP contribution in [0.15, 0.2) is 18.5 Å². The summed E-state index contributed by atoms with van der Waals surface area (Å²) in [6.45, 7) is 0.159. The highest BCUT2D eigenvalue weighted by Gasteiger charge is 2.35. The van der Waals surface area contributed by atoms with Crippen molar-refractivity contribution >= 4 is 23.6 Å². The minimum Gasteiger partial charge on any atom is -0.358 e. The summed E-state index contributed by atoms with van der Waals surface area (Å²) in [4.78, 5) is 26.2. The van der Waals surface area contributed by atoms with Gasteiger partial charge in [0.05, 0.1) is 16.9 Å². The Labute approximate surface area is 123 Å². The Morgan fingerprint density at radius 2 is 2.10 bits per heavy atom. The summed E-state index contributed by atoms with van der Waals surface area (Å²) < 4.78 is 38.2. The minimum absolute atomic E-state index is 0.155. The molecule has 0 atom stereocenters. The number of thioether (sulfide) groups is 1. The van der Waals surface area contributed by atoms with Crippen LogP contribution in [0, 0.1) is 0 Å². The molecule has 0 aliphatic carbocycles. The molecule has 2 amide bonds. The number of rotatable bonds is 6. The standard InChI is InChI=1S/C12H14F3N3O2S/c1-16-10(19)7-21-5-4-18-11(20)8-6-17-3-2-9(8)12(13,14)15/h2-3,6H,4-5,7H2,1H3,(H,16,19)(H,18,20). The molecule has 0 saturated heterocycles. The monoisotopic (exact) mass is 321 g/mol. The van der Waals surface area contributed by atoms with Gasteiger partial charge in [0.1, 0.15) is 0 Å². The number of hydrogen-bond donors (Lipinski definition) is 2. The molecular formula is C12H14F3N3O2S. The number of amides is 2. The Balaban J connectivity index is 2.52. The topological polar surface area (TPSA) is 71.1 Å². The molecule has 0 saturated carbocycles. The fraction of sp³-hybridized carbons (Fsp3) is 0.417. The number of halogens is 3. The highest BCUT2D eigenvalue weighted by atomic mass is 32.2. The van der Waals surface area contributed by atoms with Crippen molar-refractivity contribution in [3.05, 3.63) is 29.6 Å². The molecule has 9 heteroatoms. The van der Waals surface area contributed by atoms with Crippen LogP contribution in [0.25, 0.3) is 0 Å². The van der Waals surface area contributed by atoms with Crippen LogP contribution in [0.3, 0.4) is 0 Å². The van der Waals surface area contributed by atoms with Crippen LogP contribution in [-0.4, -0.2) is 41.9 Å². The number of aromatic nitrogens is 1. The van der Waals surface area contributed by atoms with Gasteiger partial charge in [0.25, 0.3) is 5.91 Å². The molecule has 1 rings (SSSR count). The van der Waals surface area contributed by atoms with E-state index < -0.39 is 23.2 Å². The molecule has 0 aliphatic heterocycles. The van der Waals surface area contributed by atoms with E-state index in [1.807, 2.05) is 0 Å². The third kappa shape index (κ3) is 5.62. The van der Waals surface area contributed by atoms with E-state index in [2.05, 4.69) is 15.6 Å². The second-order valence-corrected chi connectivity index (χ2v) is 5.01. The molecule has 1 heterocycles. The molecule has 116 valence electrons. The zero-order valence-electron chi connectivity index (χ0n) is 11.2. The smallest absolute Gasteiger partial charge is 0.358 e. The van der Waals surface area contributed by atoms with Crippen molar-refractivity contribution < 1.29 is 22.8 Å². The molecule has 0 spiro atoms. The zero-order chi connectivity index (χ0) is 15.9. The van der Waals surface area contributed by atoms with Gasteiger partial charge in [-0.3, -0.25) is 14.6 Å². The van der Waals surface area contributed by atoms with Gasteiger partial charge in [-0.25, -0.2) is 0 Å². The van der Waals surface area contributed by atoms with Crippen LogP contribution in [0.5, 0.6) is 0 Å². The van der Waals surface area contributed by atoms with E-state index in [9.17, 15) is 22.8 Å². The number of nitrogens with one attached hydrogen (secondary N) is 2. The average Bonchev–Trinajstić information content (AvgIpc) is 2.45. The van der Waals surface area contributed by atoms with E-state index in [-0.39, 0.29) is 18.2 Å². The van der Waals surface area contributed by atoms with Crippen molar-refractivity contribution in [2.45, 2.75) is 6.18 Å². The number of carbonyl (C=O) groups is 2. The molecule has 0 fully saturated rings. The Morgan fingerprint density at radius 3 is 2.71 bits per heavy atom. The van der Waals surface area contributed by atoms with E-state index in [0.717, 1.165) is 18.5 Å². The Morgan fingerprint density at radius 1 is 1.38 bits per heavy atom. The number of carbonyl (C=O) groups excluding carboxylic acids is 2. The van der Waals surface area contributed by atoms with Gasteiger partial charge < -0.3 is 10.6 Å². The normalized spacial score (nSPS) is 11.0. The lowest BCUT2D eigenvalue weighted by molar-refractivity contribution is -0.138. The maximum atomic E-state index is 12.7. The molecule has 0 radical (unpaired) electrons. The molecule has 0 bridgehead atoms. The van der Waals surface area contributed by atoms with Crippen LogP contribution >= 0.6 is 11.8 Å². The molecule has 0 aromatic carbocycles. The lowest BCUT2D eigenvalue weighted by Gasteiger charge is -2.12. The van der Waals surface area contributed by atoms with Gasteiger partial charge in [-0.2, -0.15) is 24.9 Å². The third-order valence-electron chi connectivity index (χ3n) is 2.42. The minimum atomic E-state index is -4.61. The highest BCUT2D eigenvalue weighted by Crippen LogP contribution is 2.31. The number of hydrogen-bond acceptors (Lipinski definition) is 4. The van der Waals surface area contributed by atoms with Crippen LogP contribution in [-0.2, 0) is 11.0 Å². The predicted molar refractivity (Wildman–Crippen MR) is 73.0 cm³/mol. The van der Waals surface area contributed by atoms with Crippen molar-refractivity contribution in [3.63, 3.8) is 0 Å². The molecule has 5 nitrogen and oxygen atoms in total. The fourth-order valence-corrected chi connectivity index (χ4v) is 2.11. The first kappa shape index (κ1) is 17.3. The van der Waals surface area contributed by atoms with Crippen LogP contribution < -0.4 is 10.6 Å². The average molecular weight is 321 g/mol. The Hall–Kier alpha value is -1.77. The lowest BCUT2D eigenvalue weighted by atomic mass is 10.1. The summed E-state index contributed by atoms with van der Waals surface area (Å²) in [5.41, 5.74) is -1.53. The molecular weight excluding hydrogens is 307 g/mol. The van der Waals surface area contributed by atoms with Gasteiger partial charge in [0.15, 0.2) is 0 Å². The number of nitrogens with zero attached hydrogens (tertiary/aromatic N) is 1. The number of alkyl halides is 3. The first-order chi connectivity index (χ1) is 9.86. The zero-order valence-corrected chi connectivity index (χ0v) is 12.0. The van der Waals surface area contributed by atoms with Gasteiger partial charge in [-0.15, -0.1) is 0 Å². The number of pyridine rings is 1. The Kier molecular flexibility index (Phi) is 6.47. The highest BCUT2D eigenvalue weighted by molar-refractivity contribution is 7.99. The summed E-state index contributed by atoms with van der Waals surface area (Å²) in [6.07, 6.45) is -2.74. The van der Waals surface area contributed by atoms with E-state index in [1.165, 1.54) is 18.8 Å². The van der Waals surface area contributed by atoms with Crippen molar-refractivity contribution in [2.24, 2.45) is 0 Å². The van der Waals surface area contributed by atoms with Crippen LogP contribution in [0.1, 0.15) is 15.9 Å². The molecule has 0 aliphatic rings. The lowest BCUT2D eigenvalue weighted by Crippen LogP contribution is -2.29. The molecule has 1 aromatic rings. The fourth-order valence-electron chi connectivity index (χ4n) is 1.39. The van der Waals surface area contributed by atoms with Crippen LogP contribution in [0.2, 0.25) is 0 Å². The third-order valence-corrected chi connectivity index (χ3v) is 3.37. The second kappa shape index (κ2) is 7.87. The summed E-state index contributed by atoms with van der Waals surface area (Å²) in [5.74, 6) is -0.345. The van der Waals surface area contributed by atoms with E-state index in [4.69, 9.17) is 0 Å². The summed E-state index contributed by atoms with van der Waals surface area (Å²) in [5, 5.41) is 4.81. The Bertz CT molecular complexity index is 509. The quantitative estimate of drug-likeness (QED) is 0.775. The van der Waals surface area contributed by atoms with Gasteiger partial charge in [-0.1, -0.05) is 0 Å². The van der Waals surface area contributed by atoms with Crippen molar-refractivity contribution in [3.8, 4) is 0 Å². The van der Waals surface area contributed by atoms with Crippen LogP contribution in [0.4, 0.5) is 13.2 Å². The van der Waals surface area contributed by atoms with Gasteiger partial charge in [-0.05, 0) is 6.07 Å². The first-order valence-electron chi connectivity index (χ1n) is 5.94. The summed E-state index contributed by atoms with van der Waals surface area (Å²) >= 11 is 1.27. The maximum Gasteiger partial charge on any atom is 0.417 e. The van der Waals surface area contributed by atoms with E-state index >= 15 is 0 Å². The van der Waals surface area contributed by atoms with Gasteiger partial charge in [0, 0.05) is 31.7 Å². The first-order valence-corrected chi connectivity index (χ1v) is 7.09. The van der Waals surface area contributed by atoms with Crippen molar-refractivity contribution in [2.75, 3.05) is 25.1 Å². The van der Waals surface area contributed by atoms with Crippen molar-refractivity contribution in [1.29, 1.82) is 0 Å². The molecule has 21 heavy (non-hydrogen) atoms.